The molecule has 19 heavy (non-hydrogen) atoms. The lowest BCUT2D eigenvalue weighted by Crippen LogP contribution is -2.26. The van der Waals surface area contributed by atoms with Crippen LogP contribution in [0.2, 0.25) is 0 Å². The van der Waals surface area contributed by atoms with Crippen LogP contribution in [0.5, 0.6) is 0 Å². The Hall–Kier alpha value is -0.790. The summed E-state index contributed by atoms with van der Waals surface area (Å²) in [5.41, 5.74) is 1.62. The summed E-state index contributed by atoms with van der Waals surface area (Å²) in [5.74, 6) is 1.73. The molecule has 1 aromatic rings. The largest absolute Gasteiger partial charge is 0.361 e. The van der Waals surface area contributed by atoms with Crippen molar-refractivity contribution in [2.24, 2.45) is 5.41 Å². The highest BCUT2D eigenvalue weighted by Gasteiger charge is 2.34. The highest BCUT2D eigenvalue weighted by Crippen LogP contribution is 2.41. The maximum absolute atomic E-state index is 5.66. The first-order valence-corrected chi connectivity index (χ1v) is 7.81. The lowest BCUT2D eigenvalue weighted by atomic mass is 9.71. The third-order valence-electron chi connectivity index (χ3n) is 4.57. The molecule has 0 bridgehead atoms. The highest BCUT2D eigenvalue weighted by molar-refractivity contribution is 5.19. The summed E-state index contributed by atoms with van der Waals surface area (Å²) in [6.07, 6.45) is 7.57. The van der Waals surface area contributed by atoms with Gasteiger partial charge in [0.1, 0.15) is 5.76 Å². The molecule has 2 nitrogen and oxygen atoms in total. The first-order chi connectivity index (χ1) is 8.84. The van der Waals surface area contributed by atoms with Crippen molar-refractivity contribution in [1.29, 1.82) is 0 Å². The van der Waals surface area contributed by atoms with Gasteiger partial charge in [0.15, 0.2) is 0 Å². The molecule has 0 radical (unpaired) electrons. The van der Waals surface area contributed by atoms with E-state index in [0.29, 0.717) is 11.3 Å². The molecule has 1 aromatic heterocycles. The molecule has 0 N–H and O–H groups in total. The zero-order chi connectivity index (χ0) is 14.1. The number of nitrogens with zero attached hydrogens (tertiary/aromatic N) is 1. The normalized spacial score (nSPS) is 17.5. The molecule has 0 aromatic carbocycles. The molecule has 2 heteroatoms. The van der Waals surface area contributed by atoms with Gasteiger partial charge in [-0.05, 0) is 31.1 Å². The molecular formula is C17H29NO. The standard InChI is InChI=1S/C17H29NO/c1-6-10-16(2,3)12-17(4,5)15-11-14(18-19-15)13-8-7-9-13/h11,13H,6-10,12H2,1-5H3. The molecule has 1 aliphatic carbocycles. The van der Waals surface area contributed by atoms with E-state index in [1.54, 1.807) is 0 Å². The Morgan fingerprint density at radius 1 is 1.26 bits per heavy atom. The smallest absolute Gasteiger partial charge is 0.142 e. The van der Waals surface area contributed by atoms with E-state index in [1.165, 1.54) is 37.8 Å². The molecule has 0 spiro atoms. The Morgan fingerprint density at radius 2 is 1.95 bits per heavy atom. The van der Waals surface area contributed by atoms with Crippen LogP contribution in [0, 0.1) is 5.41 Å². The molecule has 0 aliphatic heterocycles. The lowest BCUT2D eigenvalue weighted by Gasteiger charge is -2.33. The molecule has 0 amide bonds. The summed E-state index contributed by atoms with van der Waals surface area (Å²) in [4.78, 5) is 0. The minimum Gasteiger partial charge on any atom is -0.361 e. The Morgan fingerprint density at radius 3 is 2.47 bits per heavy atom. The van der Waals surface area contributed by atoms with Gasteiger partial charge in [-0.2, -0.15) is 0 Å². The van der Waals surface area contributed by atoms with Crippen LogP contribution in [0.1, 0.15) is 90.5 Å². The van der Waals surface area contributed by atoms with Crippen LogP contribution >= 0.6 is 0 Å². The van der Waals surface area contributed by atoms with Crippen LogP contribution in [0.15, 0.2) is 10.6 Å². The fourth-order valence-electron chi connectivity index (χ4n) is 3.55. The van der Waals surface area contributed by atoms with Gasteiger partial charge in [0.05, 0.1) is 5.69 Å². The molecular weight excluding hydrogens is 234 g/mol. The number of hydrogen-bond acceptors (Lipinski definition) is 2. The summed E-state index contributed by atoms with van der Waals surface area (Å²) in [7, 11) is 0. The Bertz CT molecular complexity index is 413. The van der Waals surface area contributed by atoms with Gasteiger partial charge in [-0.3, -0.25) is 0 Å². The molecule has 0 saturated heterocycles. The van der Waals surface area contributed by atoms with Gasteiger partial charge in [-0.1, -0.05) is 52.6 Å². The van der Waals surface area contributed by atoms with Gasteiger partial charge in [0.2, 0.25) is 0 Å². The van der Waals surface area contributed by atoms with Gasteiger partial charge in [0.25, 0.3) is 0 Å². The van der Waals surface area contributed by atoms with Crippen molar-refractivity contribution in [2.45, 2.75) is 84.5 Å². The molecule has 1 aliphatic rings. The van der Waals surface area contributed by atoms with Gasteiger partial charge in [-0.25, -0.2) is 0 Å². The average molecular weight is 263 g/mol. The zero-order valence-corrected chi connectivity index (χ0v) is 13.3. The van der Waals surface area contributed by atoms with E-state index in [2.05, 4.69) is 45.8 Å². The summed E-state index contributed by atoms with van der Waals surface area (Å²) in [5, 5.41) is 4.31. The van der Waals surface area contributed by atoms with Gasteiger partial charge in [0, 0.05) is 17.4 Å². The number of hydrogen-bond donors (Lipinski definition) is 0. The van der Waals surface area contributed by atoms with Crippen molar-refractivity contribution < 1.29 is 4.52 Å². The summed E-state index contributed by atoms with van der Waals surface area (Å²) in [6.45, 7) is 11.6. The average Bonchev–Trinajstić information content (AvgIpc) is 2.62. The molecule has 1 heterocycles. The minimum atomic E-state index is 0.0771. The molecule has 2 rings (SSSR count). The SMILES string of the molecule is CCCC(C)(C)CC(C)(C)c1cc(C2CCC2)no1. The maximum atomic E-state index is 5.66. The minimum absolute atomic E-state index is 0.0771. The highest BCUT2D eigenvalue weighted by atomic mass is 16.5. The summed E-state index contributed by atoms with van der Waals surface area (Å²) < 4.78 is 5.66. The fraction of sp³-hybridized carbons (Fsp3) is 0.824. The Labute approximate surface area is 118 Å². The second-order valence-electron chi connectivity index (χ2n) is 7.72. The molecule has 0 atom stereocenters. The van der Waals surface area contributed by atoms with Crippen LogP contribution in [0.3, 0.4) is 0 Å². The number of rotatable bonds is 6. The third kappa shape index (κ3) is 3.40. The van der Waals surface area contributed by atoms with Crippen LogP contribution in [0.4, 0.5) is 0 Å². The van der Waals surface area contributed by atoms with Crippen LogP contribution in [-0.4, -0.2) is 5.16 Å². The van der Waals surface area contributed by atoms with Crippen LogP contribution < -0.4 is 0 Å². The van der Waals surface area contributed by atoms with E-state index in [-0.39, 0.29) is 5.41 Å². The van der Waals surface area contributed by atoms with E-state index >= 15 is 0 Å². The van der Waals surface area contributed by atoms with Crippen molar-refractivity contribution in [3.8, 4) is 0 Å². The van der Waals surface area contributed by atoms with Gasteiger partial charge in [-0.15, -0.1) is 0 Å². The van der Waals surface area contributed by atoms with Crippen molar-refractivity contribution >= 4 is 0 Å². The van der Waals surface area contributed by atoms with Crippen molar-refractivity contribution in [3.05, 3.63) is 17.5 Å². The van der Waals surface area contributed by atoms with E-state index in [1.807, 2.05) is 0 Å². The second-order valence-corrected chi connectivity index (χ2v) is 7.72. The van der Waals surface area contributed by atoms with E-state index in [9.17, 15) is 0 Å². The van der Waals surface area contributed by atoms with Crippen LogP contribution in [-0.2, 0) is 5.41 Å². The zero-order valence-electron chi connectivity index (χ0n) is 13.3. The molecule has 1 saturated carbocycles. The van der Waals surface area contributed by atoms with E-state index in [4.69, 9.17) is 4.52 Å². The van der Waals surface area contributed by atoms with Crippen LogP contribution in [0.25, 0.3) is 0 Å². The molecule has 0 unspecified atom stereocenters. The van der Waals surface area contributed by atoms with Gasteiger partial charge >= 0.3 is 0 Å². The first kappa shape index (κ1) is 14.6. The Kier molecular flexibility index (Phi) is 4.08. The number of aromatic nitrogens is 1. The summed E-state index contributed by atoms with van der Waals surface area (Å²) >= 11 is 0. The molecule has 1 fully saturated rings. The quantitative estimate of drug-likeness (QED) is 0.683. The second kappa shape index (κ2) is 5.30. The van der Waals surface area contributed by atoms with E-state index < -0.39 is 0 Å². The molecule has 108 valence electrons. The first-order valence-electron chi connectivity index (χ1n) is 7.81. The topological polar surface area (TPSA) is 26.0 Å². The van der Waals surface area contributed by atoms with Crippen molar-refractivity contribution in [2.75, 3.05) is 0 Å². The maximum Gasteiger partial charge on any atom is 0.142 e. The van der Waals surface area contributed by atoms with Crippen molar-refractivity contribution in [3.63, 3.8) is 0 Å². The van der Waals surface area contributed by atoms with E-state index in [0.717, 1.165) is 12.2 Å². The lowest BCUT2D eigenvalue weighted by molar-refractivity contribution is 0.203. The monoisotopic (exact) mass is 263 g/mol. The predicted octanol–water partition coefficient (Wildman–Crippen LogP) is 5.44. The summed E-state index contributed by atoms with van der Waals surface area (Å²) in [6, 6.07) is 2.21. The predicted molar refractivity (Wildman–Crippen MR) is 79.4 cm³/mol. The van der Waals surface area contributed by atoms with Gasteiger partial charge < -0.3 is 4.52 Å². The fourth-order valence-corrected chi connectivity index (χ4v) is 3.55. The third-order valence-corrected chi connectivity index (χ3v) is 4.57. The van der Waals surface area contributed by atoms with Crippen molar-refractivity contribution in [1.82, 2.24) is 5.16 Å². The Balaban J connectivity index is 2.07.